The van der Waals surface area contributed by atoms with E-state index in [4.69, 9.17) is 9.47 Å². The van der Waals surface area contributed by atoms with E-state index in [1.807, 2.05) is 90.9 Å². The van der Waals surface area contributed by atoms with Gasteiger partial charge in [0, 0.05) is 46.5 Å². The number of nitrogens with one attached hydrogen (secondary N) is 3. The Morgan fingerprint density at radius 3 is 2.03 bits per heavy atom. The second-order valence-electron chi connectivity index (χ2n) is 18.2. The lowest BCUT2D eigenvalue weighted by atomic mass is 9.89. The minimum atomic E-state index is -2.23. The largest absolute Gasteiger partial charge is 0.379 e. The molecule has 0 aromatic heterocycles. The first-order valence-corrected chi connectivity index (χ1v) is 24.6. The average Bonchev–Trinajstić information content (AvgIpc) is 3.67. The molecule has 1 saturated heterocycles. The summed E-state index contributed by atoms with van der Waals surface area (Å²) < 4.78 is 24.2. The first-order valence-electron chi connectivity index (χ1n) is 21.8. The van der Waals surface area contributed by atoms with Gasteiger partial charge in [-0.2, -0.15) is 0 Å². The van der Waals surface area contributed by atoms with Crippen molar-refractivity contribution in [3.63, 3.8) is 0 Å². The number of likely N-dealkylation sites (N-methyl/N-ethyl adjacent to an activating group) is 2. The molecule has 1 fully saturated rings. The number of rotatable bonds is 25. The molecule has 1 aliphatic heterocycles. The van der Waals surface area contributed by atoms with Crippen LogP contribution in [0.1, 0.15) is 86.1 Å². The molecule has 2 unspecified atom stereocenters. The minimum absolute atomic E-state index is 0.00374. The minimum Gasteiger partial charge on any atom is -0.379 e. The molecule has 5 amide bonds. The van der Waals surface area contributed by atoms with Crippen LogP contribution in [-0.4, -0.2) is 158 Å². The molecule has 1 aromatic carbocycles. The maximum Gasteiger partial charge on any atom is 0.245 e. The second-order valence-corrected chi connectivity index (χ2v) is 21.8. The zero-order valence-electron chi connectivity index (χ0n) is 39.2. The van der Waals surface area contributed by atoms with E-state index in [1.54, 1.807) is 43.4 Å². The Morgan fingerprint density at radius 1 is 0.883 bits per heavy atom. The molecule has 0 spiro atoms. The molecular formula is C45H80N6O8S. The number of ether oxygens (including phenoxy) is 2. The van der Waals surface area contributed by atoms with Crippen molar-refractivity contribution < 1.29 is 37.7 Å². The van der Waals surface area contributed by atoms with E-state index in [-0.39, 0.29) is 60.1 Å². The number of amides is 5. The summed E-state index contributed by atoms with van der Waals surface area (Å²) >= 11 is 0. The third kappa shape index (κ3) is 15.5. The van der Waals surface area contributed by atoms with Gasteiger partial charge in [0.1, 0.15) is 12.1 Å². The Hall–Kier alpha value is -3.40. The summed E-state index contributed by atoms with van der Waals surface area (Å²) in [6.07, 6.45) is 5.04. The van der Waals surface area contributed by atoms with E-state index in [0.29, 0.717) is 31.7 Å². The van der Waals surface area contributed by atoms with Gasteiger partial charge in [-0.05, 0) is 69.2 Å². The van der Waals surface area contributed by atoms with E-state index in [0.717, 1.165) is 18.4 Å². The highest BCUT2D eigenvalue weighted by molar-refractivity contribution is 8.01. The lowest BCUT2D eigenvalue weighted by molar-refractivity contribution is -0.148. The molecule has 14 nitrogen and oxygen atoms in total. The standard InChI is InChI=1S/C45H80N6O8S/c1-15-31(6)40(50(10)45(56)38(29(2)3)48-44(55)39(30(4)5)49(8)9)36(58-11)28-37(52)51-25-19-23-35(51)41(59-12)32(7)42(53)47-34(27-33-21-17-16-18-22-33)43(54)46-24-20-26-60(13,14)57/h16-18,21-22,29-32,34-36,38-41,60H,15,19-20,23-28H2,1-14H3,(H,46,54)(H,47,53)(H,48,55)/t31-,32+,34-,35-,36+,38?,39?,40-,41+/m0/s1. The molecule has 3 N–H and O–H groups in total. The van der Waals surface area contributed by atoms with Gasteiger partial charge in [0.05, 0.1) is 42.7 Å². The first-order chi connectivity index (χ1) is 28.1. The highest BCUT2D eigenvalue weighted by atomic mass is 32.2. The van der Waals surface area contributed by atoms with Crippen LogP contribution in [0.15, 0.2) is 30.3 Å². The van der Waals surface area contributed by atoms with Crippen LogP contribution in [-0.2, 0) is 49.8 Å². The molecular weight excluding hydrogens is 785 g/mol. The highest BCUT2D eigenvalue weighted by Crippen LogP contribution is 2.30. The lowest BCUT2D eigenvalue weighted by Gasteiger charge is -2.41. The highest BCUT2D eigenvalue weighted by Gasteiger charge is 2.43. The Morgan fingerprint density at radius 2 is 1.52 bits per heavy atom. The Kier molecular flexibility index (Phi) is 21.9. The molecule has 1 heterocycles. The zero-order valence-corrected chi connectivity index (χ0v) is 40.1. The van der Waals surface area contributed by atoms with E-state index in [1.165, 1.54) is 7.11 Å². The van der Waals surface area contributed by atoms with Crippen LogP contribution in [0.25, 0.3) is 0 Å². The van der Waals surface area contributed by atoms with Gasteiger partial charge in [0.25, 0.3) is 0 Å². The van der Waals surface area contributed by atoms with Crippen molar-refractivity contribution in [3.05, 3.63) is 35.9 Å². The molecule has 0 bridgehead atoms. The number of nitrogens with zero attached hydrogens (tertiary/aromatic N) is 3. The molecule has 0 aliphatic carbocycles. The molecule has 15 heteroatoms. The van der Waals surface area contributed by atoms with E-state index < -0.39 is 58.3 Å². The number of likely N-dealkylation sites (tertiary alicyclic amines) is 1. The van der Waals surface area contributed by atoms with E-state index in [9.17, 15) is 28.2 Å². The fraction of sp³-hybridized carbons (Fsp3) is 0.756. The molecule has 60 heavy (non-hydrogen) atoms. The van der Waals surface area contributed by atoms with Crippen LogP contribution < -0.4 is 16.0 Å². The smallest absolute Gasteiger partial charge is 0.245 e. The van der Waals surface area contributed by atoms with Gasteiger partial charge in [-0.1, -0.05) is 85.2 Å². The van der Waals surface area contributed by atoms with Gasteiger partial charge in [-0.3, -0.25) is 33.1 Å². The van der Waals surface area contributed by atoms with E-state index in [2.05, 4.69) is 16.0 Å². The van der Waals surface area contributed by atoms with Crippen LogP contribution in [0.4, 0.5) is 0 Å². The van der Waals surface area contributed by atoms with Crippen molar-refractivity contribution in [3.8, 4) is 0 Å². The number of carbonyl (C=O) groups is 5. The van der Waals surface area contributed by atoms with Crippen molar-refractivity contribution in [2.45, 2.75) is 129 Å². The monoisotopic (exact) mass is 865 g/mol. The third-order valence-corrected chi connectivity index (χ3v) is 13.4. The molecule has 344 valence electrons. The van der Waals surface area contributed by atoms with Gasteiger partial charge in [0.2, 0.25) is 29.5 Å². The molecule has 1 aromatic rings. The fourth-order valence-electron chi connectivity index (χ4n) is 8.57. The number of benzene rings is 1. The van der Waals surface area contributed by atoms with Crippen LogP contribution >= 0.6 is 0 Å². The van der Waals surface area contributed by atoms with Gasteiger partial charge in [-0.25, -0.2) is 0 Å². The zero-order chi connectivity index (χ0) is 45.5. The van der Waals surface area contributed by atoms with Crippen molar-refractivity contribution in [1.82, 2.24) is 30.7 Å². The topological polar surface area (TPSA) is 167 Å². The third-order valence-electron chi connectivity index (χ3n) is 12.0. The number of thiol groups is 1. The summed E-state index contributed by atoms with van der Waals surface area (Å²) in [7, 11) is 6.29. The van der Waals surface area contributed by atoms with Crippen LogP contribution in [0.3, 0.4) is 0 Å². The predicted molar refractivity (Wildman–Crippen MR) is 241 cm³/mol. The van der Waals surface area contributed by atoms with Crippen LogP contribution in [0.2, 0.25) is 0 Å². The SMILES string of the molecule is CC[C@H](C)[C@@H]([C@@H](CC(=O)N1CCC[C@H]1[C@H](OC)[C@@H](C)C(=O)N[C@@H](Cc1ccccc1)C(=O)NCCC[SH](C)(C)=O)OC)N(C)C(=O)C(NC(=O)C(C(C)C)N(C)C)C(C)C. The summed E-state index contributed by atoms with van der Waals surface area (Å²) in [5.41, 5.74) is 0.886. The Bertz CT molecular complexity index is 1560. The maximum atomic E-state index is 14.3. The number of hydrogen-bond donors (Lipinski definition) is 4. The van der Waals surface area contributed by atoms with Gasteiger partial charge in [-0.15, -0.1) is 9.93 Å². The van der Waals surface area contributed by atoms with Crippen LogP contribution in [0.5, 0.6) is 0 Å². The molecule has 0 radical (unpaired) electrons. The summed E-state index contributed by atoms with van der Waals surface area (Å²) in [4.78, 5) is 74.9. The van der Waals surface area contributed by atoms with Crippen molar-refractivity contribution in [2.75, 3.05) is 66.7 Å². The Balaban J connectivity index is 2.29. The first kappa shape index (κ1) is 52.7. The number of carbonyl (C=O) groups excluding carboxylic acids is 5. The van der Waals surface area contributed by atoms with Crippen molar-refractivity contribution in [1.29, 1.82) is 0 Å². The molecule has 0 saturated carbocycles. The lowest BCUT2D eigenvalue weighted by Crippen LogP contribution is -2.59. The van der Waals surface area contributed by atoms with Gasteiger partial charge < -0.3 is 35.2 Å². The molecule has 1 aliphatic rings. The quantitative estimate of drug-likeness (QED) is 0.0854. The fourth-order valence-corrected chi connectivity index (χ4v) is 9.49. The summed E-state index contributed by atoms with van der Waals surface area (Å²) in [6, 6.07) is 6.53. The van der Waals surface area contributed by atoms with Gasteiger partial charge >= 0.3 is 0 Å². The van der Waals surface area contributed by atoms with Crippen molar-refractivity contribution in [2.24, 2.45) is 23.7 Å². The summed E-state index contributed by atoms with van der Waals surface area (Å²) in [5, 5.41) is 8.93. The van der Waals surface area contributed by atoms with Crippen molar-refractivity contribution >= 4 is 39.5 Å². The maximum absolute atomic E-state index is 14.3. The summed E-state index contributed by atoms with van der Waals surface area (Å²) in [5.74, 6) is -1.73. The predicted octanol–water partition coefficient (Wildman–Crippen LogP) is 3.14. The normalized spacial score (nSPS) is 18.9. The van der Waals surface area contributed by atoms with E-state index >= 15 is 0 Å². The Labute approximate surface area is 362 Å². The number of hydrogen-bond acceptors (Lipinski definition) is 9. The van der Waals surface area contributed by atoms with Gasteiger partial charge in [0.15, 0.2) is 0 Å². The average molecular weight is 865 g/mol. The molecule has 2 rings (SSSR count). The summed E-state index contributed by atoms with van der Waals surface area (Å²) in [6.45, 7) is 14.4. The number of methoxy groups -OCH3 is 2. The second kappa shape index (κ2) is 24.9. The molecule has 9 atom stereocenters. The van der Waals surface area contributed by atoms with Crippen LogP contribution in [0, 0.1) is 23.7 Å².